The van der Waals surface area contributed by atoms with Gasteiger partial charge in [-0.2, -0.15) is 0 Å². The molecule has 146 valence electrons. The van der Waals surface area contributed by atoms with Crippen LogP contribution in [0.1, 0.15) is 24.1 Å². The van der Waals surface area contributed by atoms with Gasteiger partial charge in [-0.15, -0.1) is 0 Å². The molecule has 1 unspecified atom stereocenters. The topological polar surface area (TPSA) is 78.9 Å². The van der Waals surface area contributed by atoms with Crippen LogP contribution >= 0.6 is 0 Å². The van der Waals surface area contributed by atoms with Gasteiger partial charge in [0, 0.05) is 13.1 Å². The molecule has 1 amide bonds. The molecule has 0 fully saturated rings. The van der Waals surface area contributed by atoms with E-state index in [1.165, 1.54) is 4.90 Å². The van der Waals surface area contributed by atoms with Gasteiger partial charge in [-0.05, 0) is 18.1 Å². The number of ether oxygens (including phenoxy) is 1. The van der Waals surface area contributed by atoms with E-state index >= 15 is 0 Å². The van der Waals surface area contributed by atoms with E-state index < -0.39 is 12.0 Å². The Labute approximate surface area is 164 Å². The zero-order valence-corrected chi connectivity index (χ0v) is 15.8. The maximum Gasteiger partial charge on any atom is 0.338 e. The van der Waals surface area contributed by atoms with E-state index in [1.54, 1.807) is 6.92 Å². The fourth-order valence-electron chi connectivity index (χ4n) is 3.37. The van der Waals surface area contributed by atoms with E-state index in [9.17, 15) is 14.7 Å². The lowest BCUT2D eigenvalue weighted by Crippen LogP contribution is -2.35. The summed E-state index contributed by atoms with van der Waals surface area (Å²) in [6.45, 7) is 2.27. The second-order valence-electron chi connectivity index (χ2n) is 6.38. The fourth-order valence-corrected chi connectivity index (χ4v) is 3.37. The van der Waals surface area contributed by atoms with Gasteiger partial charge < -0.3 is 20.1 Å². The first-order valence-corrected chi connectivity index (χ1v) is 9.33. The lowest BCUT2D eigenvalue weighted by molar-refractivity contribution is -0.139. The van der Waals surface area contributed by atoms with Crippen LogP contribution in [0, 0.1) is 0 Å². The molecule has 1 aliphatic rings. The van der Waals surface area contributed by atoms with E-state index in [4.69, 9.17) is 4.74 Å². The number of amides is 1. The van der Waals surface area contributed by atoms with Crippen molar-refractivity contribution in [2.24, 2.45) is 0 Å². The molecule has 2 aromatic rings. The minimum Gasteiger partial charge on any atom is -0.463 e. The van der Waals surface area contributed by atoms with Crippen LogP contribution in [0.3, 0.4) is 0 Å². The molecule has 0 bridgehead atoms. The average molecular weight is 380 g/mol. The summed E-state index contributed by atoms with van der Waals surface area (Å²) in [7, 11) is 0. The largest absolute Gasteiger partial charge is 0.463 e. The fraction of sp³-hybridized carbons (Fsp3) is 0.273. The molecular formula is C22H24N2O4. The zero-order chi connectivity index (χ0) is 19.9. The van der Waals surface area contributed by atoms with Crippen LogP contribution in [0.25, 0.3) is 0 Å². The molecule has 1 atom stereocenters. The van der Waals surface area contributed by atoms with Gasteiger partial charge in [-0.25, -0.2) is 4.79 Å². The van der Waals surface area contributed by atoms with E-state index in [1.807, 2.05) is 60.7 Å². The Morgan fingerprint density at radius 3 is 2.36 bits per heavy atom. The normalized spacial score (nSPS) is 16.4. The van der Waals surface area contributed by atoms with Crippen LogP contribution in [-0.4, -0.2) is 41.6 Å². The first-order valence-electron chi connectivity index (χ1n) is 9.33. The van der Waals surface area contributed by atoms with Gasteiger partial charge in [0.2, 0.25) is 0 Å². The van der Waals surface area contributed by atoms with E-state index in [0.717, 1.165) is 11.1 Å². The molecule has 2 N–H and O–H groups in total. The van der Waals surface area contributed by atoms with Crippen LogP contribution in [0.5, 0.6) is 0 Å². The highest BCUT2D eigenvalue weighted by Crippen LogP contribution is 2.37. The number of benzene rings is 2. The monoisotopic (exact) mass is 380 g/mol. The van der Waals surface area contributed by atoms with Gasteiger partial charge in [0.05, 0.1) is 24.8 Å². The van der Waals surface area contributed by atoms with Crippen molar-refractivity contribution in [2.75, 3.05) is 19.8 Å². The van der Waals surface area contributed by atoms with Gasteiger partial charge in [0.15, 0.2) is 0 Å². The smallest absolute Gasteiger partial charge is 0.338 e. The van der Waals surface area contributed by atoms with Gasteiger partial charge in [0.1, 0.15) is 5.70 Å². The van der Waals surface area contributed by atoms with Gasteiger partial charge in [-0.3, -0.25) is 4.79 Å². The summed E-state index contributed by atoms with van der Waals surface area (Å²) >= 11 is 0. The molecule has 1 heterocycles. The van der Waals surface area contributed by atoms with Gasteiger partial charge >= 0.3 is 5.97 Å². The van der Waals surface area contributed by atoms with Gasteiger partial charge in [-0.1, -0.05) is 60.7 Å². The van der Waals surface area contributed by atoms with E-state index in [-0.39, 0.29) is 36.9 Å². The van der Waals surface area contributed by atoms with Crippen molar-refractivity contribution in [1.29, 1.82) is 0 Å². The molecule has 0 aliphatic carbocycles. The van der Waals surface area contributed by atoms with Crippen molar-refractivity contribution in [3.8, 4) is 0 Å². The number of carbonyl (C=O) groups is 2. The number of aliphatic hydroxyl groups excluding tert-OH is 1. The Hall–Kier alpha value is -3.12. The first kappa shape index (κ1) is 19.6. The van der Waals surface area contributed by atoms with Crippen LogP contribution < -0.4 is 5.32 Å². The SMILES string of the molecule is CCOC(=O)C1=C(NCc2ccccc2)C(=O)N(CCO)C1c1ccccc1. The van der Waals surface area contributed by atoms with Crippen molar-refractivity contribution in [3.63, 3.8) is 0 Å². The molecule has 0 aromatic heterocycles. The van der Waals surface area contributed by atoms with E-state index in [2.05, 4.69) is 5.32 Å². The van der Waals surface area contributed by atoms with Crippen LogP contribution in [0.4, 0.5) is 0 Å². The Morgan fingerprint density at radius 2 is 1.75 bits per heavy atom. The second-order valence-corrected chi connectivity index (χ2v) is 6.38. The third-order valence-electron chi connectivity index (χ3n) is 4.59. The van der Waals surface area contributed by atoms with Crippen molar-refractivity contribution < 1.29 is 19.4 Å². The minimum atomic E-state index is -0.599. The summed E-state index contributed by atoms with van der Waals surface area (Å²) in [4.78, 5) is 27.4. The predicted octanol–water partition coefficient (Wildman–Crippen LogP) is 2.17. The Balaban J connectivity index is 2.01. The standard InChI is InChI=1S/C22H24N2O4/c1-2-28-22(27)18-19(23-15-16-9-5-3-6-10-16)21(26)24(13-14-25)20(18)17-11-7-4-8-12-17/h3-12,20,23,25H,2,13-15H2,1H3. The van der Waals surface area contributed by atoms with Gasteiger partial charge in [0.25, 0.3) is 5.91 Å². The maximum absolute atomic E-state index is 13.1. The average Bonchev–Trinajstić information content (AvgIpc) is 3.00. The number of nitrogens with zero attached hydrogens (tertiary/aromatic N) is 1. The summed E-state index contributed by atoms with van der Waals surface area (Å²) in [6.07, 6.45) is 0. The molecule has 0 spiro atoms. The molecular weight excluding hydrogens is 356 g/mol. The third kappa shape index (κ3) is 4.07. The van der Waals surface area contributed by atoms with E-state index in [0.29, 0.717) is 6.54 Å². The highest BCUT2D eigenvalue weighted by molar-refractivity contribution is 6.07. The van der Waals surface area contributed by atoms with Crippen LogP contribution in [-0.2, 0) is 20.9 Å². The number of aliphatic hydroxyl groups is 1. The number of nitrogens with one attached hydrogen (secondary N) is 1. The predicted molar refractivity (Wildman–Crippen MR) is 105 cm³/mol. The molecule has 3 rings (SSSR count). The summed E-state index contributed by atoms with van der Waals surface area (Å²) < 4.78 is 5.26. The summed E-state index contributed by atoms with van der Waals surface area (Å²) in [5, 5.41) is 12.6. The summed E-state index contributed by atoms with van der Waals surface area (Å²) in [6, 6.07) is 18.3. The zero-order valence-electron chi connectivity index (χ0n) is 15.8. The third-order valence-corrected chi connectivity index (χ3v) is 4.59. The Kier molecular flexibility index (Phi) is 6.45. The van der Waals surface area contributed by atoms with Crippen molar-refractivity contribution >= 4 is 11.9 Å². The van der Waals surface area contributed by atoms with Crippen molar-refractivity contribution in [2.45, 2.75) is 19.5 Å². The molecule has 0 saturated heterocycles. The number of carbonyl (C=O) groups excluding carboxylic acids is 2. The highest BCUT2D eigenvalue weighted by atomic mass is 16.5. The van der Waals surface area contributed by atoms with Crippen LogP contribution in [0.15, 0.2) is 71.9 Å². The lowest BCUT2D eigenvalue weighted by atomic mass is 9.99. The maximum atomic E-state index is 13.1. The number of hydrogen-bond donors (Lipinski definition) is 2. The summed E-state index contributed by atoms with van der Waals surface area (Å²) in [5.74, 6) is -0.845. The number of rotatable bonds is 8. The Morgan fingerprint density at radius 1 is 1.11 bits per heavy atom. The number of hydrogen-bond acceptors (Lipinski definition) is 5. The molecule has 6 heteroatoms. The molecule has 1 aliphatic heterocycles. The highest BCUT2D eigenvalue weighted by Gasteiger charge is 2.43. The lowest BCUT2D eigenvalue weighted by Gasteiger charge is -2.26. The van der Waals surface area contributed by atoms with Crippen LogP contribution in [0.2, 0.25) is 0 Å². The number of esters is 1. The van der Waals surface area contributed by atoms with Crippen molar-refractivity contribution in [1.82, 2.24) is 10.2 Å². The molecule has 2 aromatic carbocycles. The molecule has 0 radical (unpaired) electrons. The van der Waals surface area contributed by atoms with Crippen molar-refractivity contribution in [3.05, 3.63) is 83.1 Å². The minimum absolute atomic E-state index is 0.123. The Bertz CT molecular complexity index is 849. The summed E-state index contributed by atoms with van der Waals surface area (Å²) in [5.41, 5.74) is 2.29. The number of β-amino-alcohol motifs (C(OH)–C–C–N with tert-alkyl or cyclic N) is 1. The molecule has 6 nitrogen and oxygen atoms in total. The quantitative estimate of drug-likeness (QED) is 0.686. The molecule has 28 heavy (non-hydrogen) atoms. The first-order chi connectivity index (χ1) is 13.7. The second kappa shape index (κ2) is 9.19. The molecule has 0 saturated carbocycles.